The van der Waals surface area contributed by atoms with Gasteiger partial charge in [-0.05, 0) is 41.9 Å². The number of hydrogen-bond acceptors (Lipinski definition) is 45. The zero-order valence-electron chi connectivity index (χ0n) is 79.2. The van der Waals surface area contributed by atoms with Gasteiger partial charge in [-0.3, -0.25) is 9.58 Å². The number of nitrogens with two attached hydrogens (primary N) is 1. The first-order valence-electron chi connectivity index (χ1n) is 44.5. The van der Waals surface area contributed by atoms with Crippen molar-refractivity contribution in [1.82, 2.24) is 140 Å². The van der Waals surface area contributed by atoms with Crippen LogP contribution in [0, 0.1) is 0 Å². The van der Waals surface area contributed by atoms with Crippen LogP contribution in [0.15, 0.2) is 49.6 Å². The molecular weight excluding hydrogens is 1770 g/mol. The van der Waals surface area contributed by atoms with Gasteiger partial charge in [0.15, 0.2) is 0 Å². The minimum atomic E-state index is -0.125. The van der Waals surface area contributed by atoms with Gasteiger partial charge in [0.2, 0.25) is 0 Å². The Morgan fingerprint density at radius 3 is 0.679 bits per heavy atom. The third-order valence-electron chi connectivity index (χ3n) is 16.5. The Morgan fingerprint density at radius 1 is 0.261 bits per heavy atom. The summed E-state index contributed by atoms with van der Waals surface area (Å²) in [7, 11) is 5.87. The summed E-state index contributed by atoms with van der Waals surface area (Å²) in [4.78, 5) is 4.23. The number of nitrogens with zero attached hydrogens (tertiary/aromatic N) is 26. The second kappa shape index (κ2) is 90.1. The number of aliphatic hydroxyl groups is 7. The van der Waals surface area contributed by atoms with Crippen LogP contribution in [0.4, 0.5) is 0 Å². The standard InChI is InChI=1S/C25H44N10O6.C16H29N7O4.C13H26N4O4.C12H24N4O4.C11H22N4O4.C2H6O2.2H2O/c1-3-37-9-5-33-20-23(26-29-33)17-32(18-24-21-34(30-27-24)6-10-38-4-2)19-25-22-35(31-28-25)7-11-39-13-15-41-16-14-40-12-8-36;1-2-22-13-15(18-20-22)11-17-12-16-14-23(21-19-16)3-5-25-7-9-27-10-8-26-6-4-24;1-16(2)11-13-12-17(15-14-13)3-5-19-7-9-21-10-8-20-6-4-18;1-13-10-12-11-16(15-14-12)2-4-18-6-8-20-9-7-19-5-3-17;12-9-11-10-15(14-13-11)1-3-17-5-7-19-8-6-18-4-2-16;3-1-2-4;;/h20-22,36H,3-19H2,1-2H3;13-14,17,24H,2-12H2,1H3;12,18H,3-11H2,1-2H3;11,13,17H,2-10H2,1H3;10,16H,1-9,12H2;3-4H,1-2H2;2*1H2. The molecule has 55 heteroatoms. The van der Waals surface area contributed by atoms with Crippen molar-refractivity contribution in [2.45, 2.75) is 125 Å². The first-order valence-corrected chi connectivity index (χ1v) is 44.5. The van der Waals surface area contributed by atoms with Gasteiger partial charge in [-0.15, -0.1) is 40.8 Å². The molecule has 772 valence electrons. The predicted octanol–water partition coefficient (Wildman–Crippen LogP) is -6.48. The molecule has 8 aromatic heterocycles. The van der Waals surface area contributed by atoms with Crippen molar-refractivity contribution >= 4 is 0 Å². The molecule has 15 N–H and O–H groups in total. The molecule has 8 aromatic rings. The van der Waals surface area contributed by atoms with Gasteiger partial charge in [0.25, 0.3) is 0 Å². The number of aryl methyl sites for hydroxylation is 1. The van der Waals surface area contributed by atoms with Crippen LogP contribution in [-0.4, -0.2) is 468 Å². The zero-order chi connectivity index (χ0) is 95.1. The Bertz CT molecular complexity index is 3720. The van der Waals surface area contributed by atoms with Gasteiger partial charge >= 0.3 is 0 Å². The Kier molecular flexibility index (Phi) is 83.3. The van der Waals surface area contributed by atoms with Crippen LogP contribution in [0.1, 0.15) is 66.3 Å². The van der Waals surface area contributed by atoms with E-state index in [0.717, 1.165) is 58.6 Å². The van der Waals surface area contributed by atoms with E-state index in [1.165, 1.54) is 0 Å². The number of aliphatic hydroxyl groups excluding tert-OH is 7. The van der Waals surface area contributed by atoms with E-state index in [1.807, 2.05) is 90.2 Å². The van der Waals surface area contributed by atoms with E-state index < -0.39 is 0 Å². The SMILES string of the molecule is CCOCCn1cc(CN(Cc2cn(CCOCC)nn2)Cc2cn(CCOCCOCCOCCO)nn2)nn1.CCn1cc(CNCc2cn(CCOCCOCCOCCO)nn2)nn1.CN(C)Cc1cn(CCOCCOCCOCCO)nn1.CNCc1cn(CCOCCOCCOCCO)nn1.NCc1cn(CCOCCOCCOCCO)nn1.O.O.OCCO. The van der Waals surface area contributed by atoms with E-state index in [1.54, 1.807) is 43.7 Å². The van der Waals surface area contributed by atoms with Crippen molar-refractivity contribution in [2.24, 2.45) is 5.73 Å². The van der Waals surface area contributed by atoms with E-state index in [4.69, 9.17) is 122 Å². The van der Waals surface area contributed by atoms with Gasteiger partial charge in [0.05, 0.1) is 349 Å². The van der Waals surface area contributed by atoms with Gasteiger partial charge in [-0.25, -0.2) is 32.8 Å². The monoisotopic (exact) mass is 1930 g/mol. The number of rotatable bonds is 80. The van der Waals surface area contributed by atoms with Gasteiger partial charge in [-0.2, -0.15) is 0 Å². The lowest BCUT2D eigenvalue weighted by molar-refractivity contribution is 0.00627. The molecule has 134 heavy (non-hydrogen) atoms. The number of hydrogen-bond donors (Lipinski definition) is 10. The molecule has 8 rings (SSSR count). The highest BCUT2D eigenvalue weighted by molar-refractivity contribution is 5.01. The van der Waals surface area contributed by atoms with Crippen molar-refractivity contribution < 1.29 is 127 Å². The molecule has 0 bridgehead atoms. The normalized spacial score (nSPS) is 11.1. The van der Waals surface area contributed by atoms with Crippen molar-refractivity contribution in [3.8, 4) is 0 Å². The highest BCUT2D eigenvalue weighted by Gasteiger charge is 2.17. The third-order valence-corrected chi connectivity index (χ3v) is 16.5. The molecule has 0 aliphatic rings. The molecule has 0 unspecified atom stereocenters. The number of nitrogens with one attached hydrogen (secondary N) is 2. The van der Waals surface area contributed by atoms with Gasteiger partial charge in [0.1, 0.15) is 0 Å². The maximum Gasteiger partial charge on any atom is 0.0967 e. The van der Waals surface area contributed by atoms with Crippen LogP contribution in [0.3, 0.4) is 0 Å². The van der Waals surface area contributed by atoms with Crippen LogP contribution in [0.5, 0.6) is 0 Å². The molecule has 0 fully saturated rings. The summed E-state index contributed by atoms with van der Waals surface area (Å²) in [6, 6.07) is 0. The molecule has 0 aliphatic carbocycles. The van der Waals surface area contributed by atoms with Gasteiger partial charge in [0, 0.05) is 122 Å². The Morgan fingerprint density at radius 2 is 0.463 bits per heavy atom. The molecule has 0 aromatic carbocycles. The average Bonchev–Trinajstić information content (AvgIpc) is 1.72. The summed E-state index contributed by atoms with van der Waals surface area (Å²) in [5.74, 6) is 0. The zero-order valence-corrected chi connectivity index (χ0v) is 79.2. The third kappa shape index (κ3) is 69.6. The lowest BCUT2D eigenvalue weighted by Gasteiger charge is -2.18. The van der Waals surface area contributed by atoms with E-state index in [0.29, 0.717) is 316 Å². The van der Waals surface area contributed by atoms with E-state index >= 15 is 0 Å². The molecule has 0 saturated carbocycles. The van der Waals surface area contributed by atoms with Crippen molar-refractivity contribution in [2.75, 3.05) is 292 Å². The van der Waals surface area contributed by atoms with Crippen LogP contribution in [0.2, 0.25) is 0 Å². The summed E-state index contributed by atoms with van der Waals surface area (Å²) in [5.41, 5.74) is 12.3. The van der Waals surface area contributed by atoms with Crippen LogP contribution in [0.25, 0.3) is 0 Å². The first kappa shape index (κ1) is 124. The van der Waals surface area contributed by atoms with E-state index in [-0.39, 0.29) is 57.2 Å². The average molecular weight is 1930 g/mol. The predicted molar refractivity (Wildman–Crippen MR) is 479 cm³/mol. The Hall–Kier alpha value is -8.12. The molecule has 0 spiro atoms. The second-order valence-electron chi connectivity index (χ2n) is 27.7. The summed E-state index contributed by atoms with van der Waals surface area (Å²) in [6.45, 7) is 33.1. The molecular formula is C79H155N29O26. The maximum absolute atomic E-state index is 8.67. The summed E-state index contributed by atoms with van der Waals surface area (Å²) >= 11 is 0. The largest absolute Gasteiger partial charge is 0.412 e. The fourth-order valence-electron chi connectivity index (χ4n) is 10.4. The fraction of sp³-hybridized carbons (Fsp3) is 0.797. The van der Waals surface area contributed by atoms with Gasteiger partial charge < -0.3 is 148 Å². The van der Waals surface area contributed by atoms with Crippen LogP contribution < -0.4 is 16.4 Å². The topological polar surface area (TPSA) is 664 Å². The minimum absolute atomic E-state index is 0. The summed E-state index contributed by atoms with van der Waals surface area (Å²) in [5, 5.41) is 130. The Balaban J connectivity index is 0.000000853. The molecule has 0 atom stereocenters. The minimum Gasteiger partial charge on any atom is -0.412 e. The van der Waals surface area contributed by atoms with E-state index in [2.05, 4.69) is 98.0 Å². The summed E-state index contributed by atoms with van der Waals surface area (Å²) < 4.78 is 104. The lowest BCUT2D eigenvalue weighted by Crippen LogP contribution is -2.23. The quantitative estimate of drug-likeness (QED) is 0.0158. The smallest absolute Gasteiger partial charge is 0.0967 e. The Labute approximate surface area is 783 Å². The molecule has 0 aliphatic heterocycles. The molecule has 0 saturated heterocycles. The van der Waals surface area contributed by atoms with Crippen LogP contribution in [-0.2, 0) is 185 Å². The van der Waals surface area contributed by atoms with E-state index in [9.17, 15) is 0 Å². The van der Waals surface area contributed by atoms with Gasteiger partial charge in [-0.1, -0.05) is 41.7 Å². The fourth-order valence-corrected chi connectivity index (χ4v) is 10.4. The van der Waals surface area contributed by atoms with Crippen molar-refractivity contribution in [3.05, 3.63) is 95.1 Å². The molecule has 8 heterocycles. The van der Waals surface area contributed by atoms with Crippen molar-refractivity contribution in [3.63, 3.8) is 0 Å². The highest BCUT2D eigenvalue weighted by Crippen LogP contribution is 2.12. The van der Waals surface area contributed by atoms with Crippen LogP contribution >= 0.6 is 0 Å². The molecule has 55 nitrogen and oxygen atoms in total. The maximum atomic E-state index is 8.67. The molecule has 0 radical (unpaired) electrons. The second-order valence-corrected chi connectivity index (χ2v) is 27.7. The summed E-state index contributed by atoms with van der Waals surface area (Å²) in [6.07, 6.45) is 15.2. The lowest BCUT2D eigenvalue weighted by atomic mass is 10.3. The number of aromatic nitrogens is 24. The number of ether oxygens (including phenoxy) is 17. The van der Waals surface area contributed by atoms with Crippen molar-refractivity contribution in [1.29, 1.82) is 0 Å². The first-order chi connectivity index (χ1) is 64.9. The highest BCUT2D eigenvalue weighted by atomic mass is 16.6. The molecule has 0 amide bonds.